The number of nitrogens with one attached hydrogen (secondary N) is 2. The molecule has 1 aromatic rings. The normalized spacial score (nSPS) is 14.7. The van der Waals surface area contributed by atoms with Crippen molar-refractivity contribution in [3.8, 4) is 5.75 Å². The number of hydrogen-bond donors (Lipinski definition) is 2. The van der Waals surface area contributed by atoms with Crippen molar-refractivity contribution < 1.29 is 9.53 Å². The Morgan fingerprint density at radius 1 is 1.53 bits per heavy atom. The monoisotopic (exact) mass is 265 g/mol. The number of aromatic nitrogens is 1. The number of hydrogen-bond acceptors (Lipinski definition) is 4. The lowest BCUT2D eigenvalue weighted by atomic mass is 10.3. The van der Waals surface area contributed by atoms with Crippen LogP contribution >= 0.6 is 0 Å². The summed E-state index contributed by atoms with van der Waals surface area (Å²) in [7, 11) is 0. The van der Waals surface area contributed by atoms with Crippen LogP contribution in [0.25, 0.3) is 0 Å². The third kappa shape index (κ3) is 3.14. The van der Waals surface area contributed by atoms with Gasteiger partial charge in [0.25, 0.3) is 5.91 Å². The first-order valence-corrected chi connectivity index (χ1v) is 6.64. The third-order valence-corrected chi connectivity index (χ3v) is 2.98. The Kier molecular flexibility index (Phi) is 4.57. The maximum Gasteiger partial charge on any atom is 0.288 e. The number of nitrogens with zero attached hydrogens (tertiary/aromatic N) is 1. The SMILES string of the molecule is CCCCOc1c(C(=O)N2CCCN2)[nH]ccc1=O. The Bertz CT molecular complexity index is 492. The zero-order chi connectivity index (χ0) is 13.7. The van der Waals surface area contributed by atoms with Gasteiger partial charge in [-0.15, -0.1) is 0 Å². The van der Waals surface area contributed by atoms with E-state index in [9.17, 15) is 9.59 Å². The predicted molar refractivity (Wildman–Crippen MR) is 71.1 cm³/mol. The number of pyridine rings is 1. The highest BCUT2D eigenvalue weighted by molar-refractivity contribution is 5.94. The maximum absolute atomic E-state index is 12.3. The number of rotatable bonds is 5. The van der Waals surface area contributed by atoms with Crippen LogP contribution in [0.3, 0.4) is 0 Å². The number of carbonyl (C=O) groups excluding carboxylic acids is 1. The van der Waals surface area contributed by atoms with E-state index in [0.29, 0.717) is 13.2 Å². The van der Waals surface area contributed by atoms with Crippen LogP contribution in [0.4, 0.5) is 0 Å². The van der Waals surface area contributed by atoms with Crippen LogP contribution in [-0.2, 0) is 0 Å². The molecule has 6 heteroatoms. The summed E-state index contributed by atoms with van der Waals surface area (Å²) >= 11 is 0. The van der Waals surface area contributed by atoms with Crippen LogP contribution in [0.2, 0.25) is 0 Å². The molecule has 0 saturated carbocycles. The molecule has 104 valence electrons. The Balaban J connectivity index is 2.20. The lowest BCUT2D eigenvalue weighted by Gasteiger charge is -2.17. The molecule has 1 saturated heterocycles. The van der Waals surface area contributed by atoms with Crippen LogP contribution in [0.5, 0.6) is 5.75 Å². The topological polar surface area (TPSA) is 74.4 Å². The summed E-state index contributed by atoms with van der Waals surface area (Å²) in [6, 6.07) is 1.37. The van der Waals surface area contributed by atoms with Gasteiger partial charge in [0.2, 0.25) is 5.43 Å². The van der Waals surface area contributed by atoms with Crippen molar-refractivity contribution in [2.24, 2.45) is 0 Å². The van der Waals surface area contributed by atoms with Crippen molar-refractivity contribution in [1.82, 2.24) is 15.4 Å². The van der Waals surface area contributed by atoms with Gasteiger partial charge in [0.1, 0.15) is 0 Å². The van der Waals surface area contributed by atoms with Crippen molar-refractivity contribution in [2.75, 3.05) is 19.7 Å². The summed E-state index contributed by atoms with van der Waals surface area (Å²) < 4.78 is 5.47. The van der Waals surface area contributed by atoms with Gasteiger partial charge in [0.15, 0.2) is 11.4 Å². The molecule has 1 amide bonds. The maximum atomic E-state index is 12.3. The fourth-order valence-electron chi connectivity index (χ4n) is 1.92. The van der Waals surface area contributed by atoms with Gasteiger partial charge in [-0.25, -0.2) is 5.43 Å². The van der Waals surface area contributed by atoms with Crippen molar-refractivity contribution in [2.45, 2.75) is 26.2 Å². The van der Waals surface area contributed by atoms with E-state index in [2.05, 4.69) is 10.4 Å². The summed E-state index contributed by atoms with van der Waals surface area (Å²) in [5.74, 6) is -0.128. The first-order chi connectivity index (χ1) is 9.24. The zero-order valence-corrected chi connectivity index (χ0v) is 11.1. The molecule has 1 aliphatic rings. The van der Waals surface area contributed by atoms with Crippen LogP contribution in [0.15, 0.2) is 17.1 Å². The molecule has 2 rings (SSSR count). The van der Waals surface area contributed by atoms with Crippen LogP contribution in [-0.4, -0.2) is 35.6 Å². The molecule has 6 nitrogen and oxygen atoms in total. The minimum Gasteiger partial charge on any atom is -0.487 e. The van der Waals surface area contributed by atoms with Crippen LogP contribution < -0.4 is 15.6 Å². The minimum atomic E-state index is -0.266. The summed E-state index contributed by atoms with van der Waals surface area (Å²) in [6.07, 6.45) is 4.21. The molecule has 0 bridgehead atoms. The van der Waals surface area contributed by atoms with Crippen molar-refractivity contribution in [3.05, 3.63) is 28.2 Å². The lowest BCUT2D eigenvalue weighted by molar-refractivity contribution is 0.0715. The minimum absolute atomic E-state index is 0.120. The van der Waals surface area contributed by atoms with E-state index in [1.54, 1.807) is 0 Å². The second kappa shape index (κ2) is 6.38. The van der Waals surface area contributed by atoms with Crippen molar-refractivity contribution >= 4 is 5.91 Å². The van der Waals surface area contributed by atoms with E-state index < -0.39 is 0 Å². The number of carbonyl (C=O) groups is 1. The second-order valence-electron chi connectivity index (χ2n) is 4.47. The highest BCUT2D eigenvalue weighted by Gasteiger charge is 2.24. The first kappa shape index (κ1) is 13.6. The fraction of sp³-hybridized carbons (Fsp3) is 0.538. The van der Waals surface area contributed by atoms with Gasteiger partial charge in [-0.1, -0.05) is 13.3 Å². The first-order valence-electron chi connectivity index (χ1n) is 6.64. The summed E-state index contributed by atoms with van der Waals surface area (Å²) in [5, 5.41) is 1.51. The Morgan fingerprint density at radius 2 is 2.37 bits per heavy atom. The van der Waals surface area contributed by atoms with Gasteiger partial charge in [-0.3, -0.25) is 14.6 Å². The molecule has 2 N–H and O–H groups in total. The highest BCUT2D eigenvalue weighted by atomic mass is 16.5. The molecule has 1 aromatic heterocycles. The molecule has 0 aliphatic carbocycles. The van der Waals surface area contributed by atoms with Gasteiger partial charge >= 0.3 is 0 Å². The van der Waals surface area contributed by atoms with Crippen molar-refractivity contribution in [1.29, 1.82) is 0 Å². The van der Waals surface area contributed by atoms with Gasteiger partial charge in [0, 0.05) is 25.4 Å². The van der Waals surface area contributed by atoms with Crippen LogP contribution in [0, 0.1) is 0 Å². The number of H-pyrrole nitrogens is 1. The zero-order valence-electron chi connectivity index (χ0n) is 11.1. The van der Waals surface area contributed by atoms with E-state index in [-0.39, 0.29) is 22.8 Å². The van der Waals surface area contributed by atoms with E-state index in [4.69, 9.17) is 4.74 Å². The number of amides is 1. The van der Waals surface area contributed by atoms with E-state index >= 15 is 0 Å². The average Bonchev–Trinajstić information content (AvgIpc) is 2.94. The molecule has 0 spiro atoms. The standard InChI is InChI=1S/C13H19N3O3/c1-2-3-9-19-12-10(17)5-7-14-11(12)13(18)16-8-4-6-15-16/h5,7,15H,2-4,6,8-9H2,1H3,(H,14,17). The predicted octanol–water partition coefficient (Wildman–Crippen LogP) is 0.904. The van der Waals surface area contributed by atoms with E-state index in [1.165, 1.54) is 17.3 Å². The van der Waals surface area contributed by atoms with Crippen molar-refractivity contribution in [3.63, 3.8) is 0 Å². The third-order valence-electron chi connectivity index (χ3n) is 2.98. The molecule has 1 aliphatic heterocycles. The Hall–Kier alpha value is -1.82. The quantitative estimate of drug-likeness (QED) is 0.776. The van der Waals surface area contributed by atoms with Gasteiger partial charge in [-0.2, -0.15) is 0 Å². The number of unbranched alkanes of at least 4 members (excludes halogenated alkanes) is 1. The summed E-state index contributed by atoms with van der Waals surface area (Å²) in [5.41, 5.74) is 2.93. The second-order valence-corrected chi connectivity index (χ2v) is 4.47. The van der Waals surface area contributed by atoms with Crippen LogP contribution in [0.1, 0.15) is 36.7 Å². The number of ether oxygens (including phenoxy) is 1. The van der Waals surface area contributed by atoms with Gasteiger partial charge in [0.05, 0.1) is 6.61 Å². The fourth-order valence-corrected chi connectivity index (χ4v) is 1.92. The molecule has 0 atom stereocenters. The highest BCUT2D eigenvalue weighted by Crippen LogP contribution is 2.14. The lowest BCUT2D eigenvalue weighted by Crippen LogP contribution is -2.38. The Labute approximate surface area is 111 Å². The molecule has 1 fully saturated rings. The number of hydrazine groups is 1. The molecule has 0 radical (unpaired) electrons. The molecular formula is C13H19N3O3. The van der Waals surface area contributed by atoms with E-state index in [0.717, 1.165) is 25.8 Å². The largest absolute Gasteiger partial charge is 0.487 e. The smallest absolute Gasteiger partial charge is 0.288 e. The average molecular weight is 265 g/mol. The van der Waals surface area contributed by atoms with Gasteiger partial charge in [-0.05, 0) is 12.8 Å². The number of aromatic amines is 1. The molecular weight excluding hydrogens is 246 g/mol. The summed E-state index contributed by atoms with van der Waals surface area (Å²) in [4.78, 5) is 26.9. The Morgan fingerprint density at radius 3 is 3.05 bits per heavy atom. The molecule has 0 aromatic carbocycles. The molecule has 19 heavy (non-hydrogen) atoms. The molecule has 2 heterocycles. The van der Waals surface area contributed by atoms with Gasteiger partial charge < -0.3 is 9.72 Å². The van der Waals surface area contributed by atoms with E-state index in [1.807, 2.05) is 6.92 Å². The molecule has 0 unspecified atom stereocenters. The summed E-state index contributed by atoms with van der Waals surface area (Å²) in [6.45, 7) is 3.90.